The van der Waals surface area contributed by atoms with Gasteiger partial charge >= 0.3 is 6.03 Å². The van der Waals surface area contributed by atoms with Crippen LogP contribution in [0.4, 0.5) is 10.6 Å². The van der Waals surface area contributed by atoms with Gasteiger partial charge in [0.1, 0.15) is 11.9 Å². The quantitative estimate of drug-likeness (QED) is 0.724. The number of aryl methyl sites for hydroxylation is 1. The zero-order chi connectivity index (χ0) is 13.6. The second-order valence-corrected chi connectivity index (χ2v) is 5.43. The lowest BCUT2D eigenvalue weighted by molar-refractivity contribution is -0.120. The van der Waals surface area contributed by atoms with Crippen LogP contribution in [0.2, 0.25) is 0 Å². The molecule has 0 aromatic carbocycles. The van der Waals surface area contributed by atoms with E-state index >= 15 is 0 Å². The first-order valence-electron chi connectivity index (χ1n) is 6.66. The van der Waals surface area contributed by atoms with Crippen molar-refractivity contribution in [2.24, 2.45) is 5.92 Å². The number of rotatable bonds is 1. The molecule has 3 amide bonds. The molecule has 2 aliphatic heterocycles. The summed E-state index contributed by atoms with van der Waals surface area (Å²) in [5.74, 6) is 0.801. The third-order valence-corrected chi connectivity index (χ3v) is 3.91. The number of hydrogen-bond acceptors (Lipinski definition) is 3. The van der Waals surface area contributed by atoms with Gasteiger partial charge in [0.15, 0.2) is 0 Å². The summed E-state index contributed by atoms with van der Waals surface area (Å²) in [4.78, 5) is 32.0. The van der Waals surface area contributed by atoms with E-state index in [9.17, 15) is 9.59 Å². The third-order valence-electron chi connectivity index (χ3n) is 3.91. The summed E-state index contributed by atoms with van der Waals surface area (Å²) in [6.45, 7) is 4.64. The molecule has 0 spiro atoms. The number of fused-ring (bicyclic) bond motifs is 1. The van der Waals surface area contributed by atoms with Crippen LogP contribution in [0, 0.1) is 12.8 Å². The lowest BCUT2D eigenvalue weighted by Crippen LogP contribution is -2.41. The standard InChI is InChI=1S/C14H17N3O2/c1-9-6-7-16-11(8-9)13(18)17(14(16)19)12-5-3-4-10(2)15-12/h3-5,9,11H,6-8H2,1-2H3/t9-,11-/m1/s1. The minimum absolute atomic E-state index is 0.130. The molecule has 2 fully saturated rings. The number of piperidine rings is 1. The molecule has 5 nitrogen and oxygen atoms in total. The maximum atomic E-state index is 12.4. The van der Waals surface area contributed by atoms with Gasteiger partial charge in [0.2, 0.25) is 0 Å². The molecule has 1 aromatic heterocycles. The van der Waals surface area contributed by atoms with Crippen LogP contribution in [0.25, 0.3) is 0 Å². The Morgan fingerprint density at radius 2 is 2.11 bits per heavy atom. The highest BCUT2D eigenvalue weighted by molar-refractivity contribution is 6.20. The summed E-state index contributed by atoms with van der Waals surface area (Å²) in [5.41, 5.74) is 0.802. The molecule has 2 atom stereocenters. The van der Waals surface area contributed by atoms with Gasteiger partial charge in [-0.15, -0.1) is 0 Å². The number of carbonyl (C=O) groups excluding carboxylic acids is 2. The minimum Gasteiger partial charge on any atom is -0.312 e. The van der Waals surface area contributed by atoms with Gasteiger partial charge in [-0.3, -0.25) is 4.79 Å². The fourth-order valence-corrected chi connectivity index (χ4v) is 2.84. The van der Waals surface area contributed by atoms with E-state index < -0.39 is 0 Å². The Morgan fingerprint density at radius 1 is 1.32 bits per heavy atom. The van der Waals surface area contributed by atoms with Crippen molar-refractivity contribution in [2.75, 3.05) is 11.4 Å². The van der Waals surface area contributed by atoms with Crippen LogP contribution in [0.1, 0.15) is 25.5 Å². The van der Waals surface area contributed by atoms with E-state index in [1.165, 1.54) is 4.90 Å². The summed E-state index contributed by atoms with van der Waals surface area (Å²) in [5, 5.41) is 0. The largest absolute Gasteiger partial charge is 0.333 e. The van der Waals surface area contributed by atoms with Crippen LogP contribution in [-0.2, 0) is 4.79 Å². The van der Waals surface area contributed by atoms with Gasteiger partial charge in [-0.1, -0.05) is 13.0 Å². The normalized spacial score (nSPS) is 26.8. The van der Waals surface area contributed by atoms with E-state index in [0.717, 1.165) is 18.5 Å². The maximum Gasteiger partial charge on any atom is 0.333 e. The van der Waals surface area contributed by atoms with Crippen molar-refractivity contribution in [3.8, 4) is 0 Å². The number of urea groups is 1. The van der Waals surface area contributed by atoms with Crippen LogP contribution in [0.15, 0.2) is 18.2 Å². The summed E-state index contributed by atoms with van der Waals surface area (Å²) < 4.78 is 0. The number of anilines is 1. The summed E-state index contributed by atoms with van der Waals surface area (Å²) >= 11 is 0. The van der Waals surface area contributed by atoms with Crippen molar-refractivity contribution in [3.63, 3.8) is 0 Å². The lowest BCUT2D eigenvalue weighted by Gasteiger charge is -2.30. The number of nitrogens with zero attached hydrogens (tertiary/aromatic N) is 3. The van der Waals surface area contributed by atoms with E-state index in [1.807, 2.05) is 19.1 Å². The summed E-state index contributed by atoms with van der Waals surface area (Å²) in [6, 6.07) is 4.87. The molecule has 3 heterocycles. The molecule has 19 heavy (non-hydrogen) atoms. The molecular weight excluding hydrogens is 242 g/mol. The van der Waals surface area contributed by atoms with E-state index in [-0.39, 0.29) is 18.0 Å². The molecule has 1 aromatic rings. The highest BCUT2D eigenvalue weighted by Gasteiger charge is 2.48. The first-order valence-corrected chi connectivity index (χ1v) is 6.66. The van der Waals surface area contributed by atoms with Crippen LogP contribution in [0.5, 0.6) is 0 Å². The Balaban J connectivity index is 1.95. The minimum atomic E-state index is -0.293. The number of imide groups is 1. The number of pyridine rings is 1. The Morgan fingerprint density at radius 3 is 2.84 bits per heavy atom. The lowest BCUT2D eigenvalue weighted by atomic mass is 9.93. The van der Waals surface area contributed by atoms with E-state index in [2.05, 4.69) is 11.9 Å². The summed E-state index contributed by atoms with van der Waals surface area (Å²) in [6.07, 6.45) is 1.72. The first-order chi connectivity index (χ1) is 9.08. The van der Waals surface area contributed by atoms with Crippen molar-refractivity contribution in [1.29, 1.82) is 0 Å². The number of aromatic nitrogens is 1. The van der Waals surface area contributed by atoms with Gasteiger partial charge in [0.05, 0.1) is 0 Å². The molecule has 100 valence electrons. The average molecular weight is 259 g/mol. The van der Waals surface area contributed by atoms with Crippen LogP contribution in [-0.4, -0.2) is 34.4 Å². The Hall–Kier alpha value is -1.91. The Kier molecular flexibility index (Phi) is 2.77. The fraction of sp³-hybridized carbons (Fsp3) is 0.500. The van der Waals surface area contributed by atoms with Crippen molar-refractivity contribution in [2.45, 2.75) is 32.7 Å². The van der Waals surface area contributed by atoms with Gasteiger partial charge in [0, 0.05) is 12.2 Å². The van der Waals surface area contributed by atoms with Crippen molar-refractivity contribution in [1.82, 2.24) is 9.88 Å². The maximum absolute atomic E-state index is 12.4. The number of carbonyl (C=O) groups is 2. The number of amides is 3. The highest BCUT2D eigenvalue weighted by Crippen LogP contribution is 2.32. The molecule has 3 rings (SSSR count). The Labute approximate surface area is 112 Å². The topological polar surface area (TPSA) is 53.5 Å². The molecular formula is C14H17N3O2. The van der Waals surface area contributed by atoms with E-state index in [1.54, 1.807) is 11.0 Å². The third kappa shape index (κ3) is 1.89. The Bertz CT molecular complexity index is 543. The first kappa shape index (κ1) is 12.1. The van der Waals surface area contributed by atoms with Crippen LogP contribution in [0.3, 0.4) is 0 Å². The molecule has 2 aliphatic rings. The number of hydrogen-bond donors (Lipinski definition) is 0. The molecule has 2 saturated heterocycles. The second kappa shape index (κ2) is 4.33. The SMILES string of the molecule is Cc1cccc(N2C(=O)[C@H]3C[C@H](C)CCN3C2=O)n1. The van der Waals surface area contributed by atoms with Gasteiger partial charge in [-0.2, -0.15) is 0 Å². The smallest absolute Gasteiger partial charge is 0.312 e. The second-order valence-electron chi connectivity index (χ2n) is 5.43. The van der Waals surface area contributed by atoms with Crippen molar-refractivity contribution in [3.05, 3.63) is 23.9 Å². The van der Waals surface area contributed by atoms with Crippen LogP contribution >= 0.6 is 0 Å². The van der Waals surface area contributed by atoms with Crippen molar-refractivity contribution >= 4 is 17.8 Å². The average Bonchev–Trinajstić information content (AvgIpc) is 2.61. The van der Waals surface area contributed by atoms with E-state index in [4.69, 9.17) is 0 Å². The zero-order valence-corrected chi connectivity index (χ0v) is 11.2. The molecule has 0 N–H and O–H groups in total. The van der Waals surface area contributed by atoms with Crippen LogP contribution < -0.4 is 4.90 Å². The predicted molar refractivity (Wildman–Crippen MR) is 70.7 cm³/mol. The highest BCUT2D eigenvalue weighted by atomic mass is 16.2. The molecule has 0 saturated carbocycles. The predicted octanol–water partition coefficient (Wildman–Crippen LogP) is 1.96. The molecule has 5 heteroatoms. The molecule has 0 aliphatic carbocycles. The van der Waals surface area contributed by atoms with Gasteiger partial charge in [0.25, 0.3) is 5.91 Å². The fourth-order valence-electron chi connectivity index (χ4n) is 2.84. The zero-order valence-electron chi connectivity index (χ0n) is 11.2. The molecule has 0 radical (unpaired) electrons. The van der Waals surface area contributed by atoms with Gasteiger partial charge in [-0.25, -0.2) is 14.7 Å². The van der Waals surface area contributed by atoms with E-state index in [0.29, 0.717) is 18.3 Å². The summed E-state index contributed by atoms with van der Waals surface area (Å²) in [7, 11) is 0. The van der Waals surface area contributed by atoms with Gasteiger partial charge in [-0.05, 0) is 37.8 Å². The monoisotopic (exact) mass is 259 g/mol. The molecule has 0 bridgehead atoms. The van der Waals surface area contributed by atoms with Gasteiger partial charge < -0.3 is 4.90 Å². The molecule has 0 unspecified atom stereocenters. The van der Waals surface area contributed by atoms with Crippen molar-refractivity contribution < 1.29 is 9.59 Å².